The van der Waals surface area contributed by atoms with Gasteiger partial charge in [-0.2, -0.15) is 0 Å². The highest BCUT2D eigenvalue weighted by Gasteiger charge is 2.53. The van der Waals surface area contributed by atoms with Crippen molar-refractivity contribution in [3.8, 4) is 0 Å². The number of hydrogen-bond acceptors (Lipinski definition) is 2. The molecule has 13 heavy (non-hydrogen) atoms. The summed E-state index contributed by atoms with van der Waals surface area (Å²) in [4.78, 5) is 2.57. The average molecular weight is 182 g/mol. The number of hydrogen-bond donors (Lipinski definition) is 1. The fourth-order valence-corrected chi connectivity index (χ4v) is 2.99. The molecular formula is C11H22N2. The molecule has 0 bridgehead atoms. The van der Waals surface area contributed by atoms with Gasteiger partial charge in [0.1, 0.15) is 0 Å². The Balaban J connectivity index is 2.07. The largest absolute Gasteiger partial charge is 0.329 e. The van der Waals surface area contributed by atoms with Gasteiger partial charge in [0.05, 0.1) is 0 Å². The molecule has 2 saturated carbocycles. The van der Waals surface area contributed by atoms with Gasteiger partial charge >= 0.3 is 0 Å². The van der Waals surface area contributed by atoms with Gasteiger partial charge in [-0.05, 0) is 38.1 Å². The molecule has 0 saturated heterocycles. The number of rotatable bonds is 3. The molecule has 3 atom stereocenters. The van der Waals surface area contributed by atoms with Crippen LogP contribution >= 0.6 is 0 Å². The topological polar surface area (TPSA) is 29.3 Å². The van der Waals surface area contributed by atoms with Gasteiger partial charge in [0.2, 0.25) is 0 Å². The van der Waals surface area contributed by atoms with Crippen LogP contribution in [0.25, 0.3) is 0 Å². The van der Waals surface area contributed by atoms with Crippen LogP contribution in [0.2, 0.25) is 0 Å². The minimum atomic E-state index is 0.348. The van der Waals surface area contributed by atoms with Gasteiger partial charge in [-0.15, -0.1) is 0 Å². The van der Waals surface area contributed by atoms with Crippen molar-refractivity contribution >= 4 is 0 Å². The molecule has 0 radical (unpaired) electrons. The second-order valence-electron chi connectivity index (χ2n) is 5.12. The Morgan fingerprint density at radius 1 is 1.38 bits per heavy atom. The van der Waals surface area contributed by atoms with E-state index in [1.165, 1.54) is 19.3 Å². The van der Waals surface area contributed by atoms with Gasteiger partial charge in [0, 0.05) is 18.1 Å². The summed E-state index contributed by atoms with van der Waals surface area (Å²) in [6.45, 7) is 5.55. The Kier molecular flexibility index (Phi) is 2.16. The van der Waals surface area contributed by atoms with Crippen LogP contribution in [0.4, 0.5) is 0 Å². The number of nitrogens with zero attached hydrogens (tertiary/aromatic N) is 1. The second kappa shape index (κ2) is 2.96. The van der Waals surface area contributed by atoms with Crippen molar-refractivity contribution in [2.45, 2.75) is 44.7 Å². The van der Waals surface area contributed by atoms with Gasteiger partial charge in [0.15, 0.2) is 0 Å². The quantitative estimate of drug-likeness (QED) is 0.716. The summed E-state index contributed by atoms with van der Waals surface area (Å²) in [6, 6.07) is 0.846. The molecule has 2 aliphatic rings. The van der Waals surface area contributed by atoms with Crippen molar-refractivity contribution in [1.29, 1.82) is 0 Å². The zero-order chi connectivity index (χ0) is 9.64. The Labute approximate surface area is 81.5 Å². The van der Waals surface area contributed by atoms with E-state index < -0.39 is 0 Å². The highest BCUT2D eigenvalue weighted by atomic mass is 15.3. The summed E-state index contributed by atoms with van der Waals surface area (Å²) < 4.78 is 0. The van der Waals surface area contributed by atoms with E-state index in [1.807, 2.05) is 0 Å². The van der Waals surface area contributed by atoms with Crippen LogP contribution in [0.5, 0.6) is 0 Å². The third kappa shape index (κ3) is 1.23. The molecule has 0 aromatic carbocycles. The molecule has 2 fully saturated rings. The van der Waals surface area contributed by atoms with Crippen molar-refractivity contribution < 1.29 is 0 Å². The van der Waals surface area contributed by atoms with Gasteiger partial charge in [-0.25, -0.2) is 0 Å². The first-order chi connectivity index (χ1) is 6.12. The molecule has 0 aromatic heterocycles. The van der Waals surface area contributed by atoms with Crippen LogP contribution in [-0.4, -0.2) is 30.1 Å². The molecule has 0 amide bonds. The summed E-state index contributed by atoms with van der Waals surface area (Å²) in [5.74, 6) is 1.65. The Morgan fingerprint density at radius 3 is 2.31 bits per heavy atom. The first kappa shape index (κ1) is 9.47. The Bertz CT molecular complexity index is 200. The van der Waals surface area contributed by atoms with Crippen LogP contribution in [0.3, 0.4) is 0 Å². The maximum atomic E-state index is 5.95. The van der Waals surface area contributed by atoms with Crippen molar-refractivity contribution in [1.82, 2.24) is 4.90 Å². The van der Waals surface area contributed by atoms with E-state index in [1.54, 1.807) is 0 Å². The lowest BCUT2D eigenvalue weighted by Crippen LogP contribution is -2.66. The first-order valence-corrected chi connectivity index (χ1v) is 5.55. The summed E-state index contributed by atoms with van der Waals surface area (Å²) in [6.07, 6.45) is 4.08. The van der Waals surface area contributed by atoms with Crippen LogP contribution in [0.15, 0.2) is 0 Å². The minimum absolute atomic E-state index is 0.348. The second-order valence-corrected chi connectivity index (χ2v) is 5.12. The highest BCUT2D eigenvalue weighted by molar-refractivity contribution is 5.09. The molecule has 2 aliphatic carbocycles. The predicted octanol–water partition coefficient (Wildman–Crippen LogP) is 1.45. The molecular weight excluding hydrogens is 160 g/mol. The van der Waals surface area contributed by atoms with Crippen LogP contribution in [-0.2, 0) is 0 Å². The van der Waals surface area contributed by atoms with Crippen molar-refractivity contribution in [2.75, 3.05) is 13.6 Å². The van der Waals surface area contributed by atoms with Crippen molar-refractivity contribution in [2.24, 2.45) is 17.6 Å². The van der Waals surface area contributed by atoms with E-state index in [-0.39, 0.29) is 0 Å². The third-order valence-electron chi connectivity index (χ3n) is 4.53. The zero-order valence-electron chi connectivity index (χ0n) is 9.09. The van der Waals surface area contributed by atoms with E-state index in [2.05, 4.69) is 25.8 Å². The van der Waals surface area contributed by atoms with Gasteiger partial charge in [0.25, 0.3) is 0 Å². The first-order valence-electron chi connectivity index (χ1n) is 5.55. The van der Waals surface area contributed by atoms with Gasteiger partial charge < -0.3 is 5.73 Å². The summed E-state index contributed by atoms with van der Waals surface area (Å²) in [5, 5.41) is 0. The molecule has 3 unspecified atom stereocenters. The van der Waals surface area contributed by atoms with E-state index in [0.29, 0.717) is 5.54 Å². The smallest absolute Gasteiger partial charge is 0.0362 e. The van der Waals surface area contributed by atoms with Gasteiger partial charge in [-0.1, -0.05) is 13.8 Å². The minimum Gasteiger partial charge on any atom is -0.329 e. The monoisotopic (exact) mass is 182 g/mol. The molecule has 2 rings (SSSR count). The van der Waals surface area contributed by atoms with Crippen LogP contribution in [0, 0.1) is 11.8 Å². The third-order valence-corrected chi connectivity index (χ3v) is 4.53. The molecule has 0 spiro atoms. The number of nitrogens with two attached hydrogens (primary N) is 1. The molecule has 2 nitrogen and oxygen atoms in total. The molecule has 2 N–H and O–H groups in total. The summed E-state index contributed by atoms with van der Waals surface area (Å²) in [5.41, 5.74) is 6.29. The van der Waals surface area contributed by atoms with Crippen molar-refractivity contribution in [3.05, 3.63) is 0 Å². The molecule has 0 aromatic rings. The van der Waals surface area contributed by atoms with E-state index in [4.69, 9.17) is 5.73 Å². The predicted molar refractivity (Wildman–Crippen MR) is 55.5 cm³/mol. The maximum Gasteiger partial charge on any atom is 0.0362 e. The van der Waals surface area contributed by atoms with E-state index >= 15 is 0 Å². The fraction of sp³-hybridized carbons (Fsp3) is 1.00. The summed E-state index contributed by atoms with van der Waals surface area (Å²) >= 11 is 0. The lowest BCUT2D eigenvalue weighted by atomic mass is 9.59. The number of likely N-dealkylation sites (N-methyl/N-ethyl adjacent to an activating group) is 1. The lowest BCUT2D eigenvalue weighted by Gasteiger charge is -2.57. The van der Waals surface area contributed by atoms with Crippen LogP contribution in [0.1, 0.15) is 33.1 Å². The normalized spacial score (nSPS) is 45.0. The standard InChI is InChI=1S/C11H22N2/c1-8-6-11(7-12,9(8)2)13(3)10-4-5-10/h8-10H,4-7,12H2,1-3H3. The fourth-order valence-electron chi connectivity index (χ4n) is 2.99. The average Bonchev–Trinajstić information content (AvgIpc) is 2.95. The van der Waals surface area contributed by atoms with E-state index in [0.717, 1.165) is 24.4 Å². The molecule has 76 valence electrons. The summed E-state index contributed by atoms with van der Waals surface area (Å²) in [7, 11) is 2.27. The van der Waals surface area contributed by atoms with Crippen LogP contribution < -0.4 is 5.73 Å². The Hall–Kier alpha value is -0.0800. The SMILES string of the molecule is CC1CC(CN)(N(C)C2CC2)C1C. The van der Waals surface area contributed by atoms with Crippen molar-refractivity contribution in [3.63, 3.8) is 0 Å². The lowest BCUT2D eigenvalue weighted by molar-refractivity contribution is -0.0618. The zero-order valence-corrected chi connectivity index (χ0v) is 9.09. The highest BCUT2D eigenvalue weighted by Crippen LogP contribution is 2.49. The maximum absolute atomic E-state index is 5.95. The molecule has 0 heterocycles. The van der Waals surface area contributed by atoms with E-state index in [9.17, 15) is 0 Å². The Morgan fingerprint density at radius 2 is 2.00 bits per heavy atom. The molecule has 0 aliphatic heterocycles. The molecule has 2 heteroatoms. The van der Waals surface area contributed by atoms with Gasteiger partial charge in [-0.3, -0.25) is 4.90 Å².